The number of alkyl carbamates (subject to hydrolysis) is 3. The zero-order chi connectivity index (χ0) is 57.8. The van der Waals surface area contributed by atoms with Crippen molar-refractivity contribution in [1.82, 2.24) is 42.5 Å². The summed E-state index contributed by atoms with van der Waals surface area (Å²) in [5.41, 5.74) is 1.49. The number of amides is 8. The number of aryl methyl sites for hydroxylation is 1. The summed E-state index contributed by atoms with van der Waals surface area (Å²) < 4.78 is 15.8. The molecule has 0 aliphatic rings. The second kappa shape index (κ2) is 33.3. The van der Waals surface area contributed by atoms with E-state index in [0.717, 1.165) is 30.4 Å². The molecule has 2 aromatic rings. The van der Waals surface area contributed by atoms with Gasteiger partial charge in [-0.2, -0.15) is 0 Å². The Morgan fingerprint density at radius 2 is 0.883 bits per heavy atom. The summed E-state index contributed by atoms with van der Waals surface area (Å²) in [6.45, 7) is 19.6. The Balaban J connectivity index is 2.20. The van der Waals surface area contributed by atoms with Gasteiger partial charge in [-0.1, -0.05) is 49.7 Å². The van der Waals surface area contributed by atoms with Crippen molar-refractivity contribution in [2.45, 2.75) is 201 Å². The van der Waals surface area contributed by atoms with E-state index >= 15 is 0 Å². The van der Waals surface area contributed by atoms with Crippen LogP contribution in [0.25, 0.3) is 11.1 Å². The Morgan fingerprint density at radius 3 is 1.31 bits per heavy atom. The van der Waals surface area contributed by atoms with Crippen molar-refractivity contribution in [3.8, 4) is 11.1 Å². The number of ether oxygens (including phenoxy) is 3. The van der Waals surface area contributed by atoms with Crippen LogP contribution in [0, 0.1) is 0 Å². The Kier molecular flexibility index (Phi) is 28.6. The van der Waals surface area contributed by atoms with E-state index in [1.165, 1.54) is 12.5 Å². The maximum atomic E-state index is 14.2. The average molecular weight is 1080 g/mol. The lowest BCUT2D eigenvalue weighted by molar-refractivity contribution is -0.142. The van der Waals surface area contributed by atoms with Gasteiger partial charge in [0.25, 0.3) is 5.91 Å². The summed E-state index contributed by atoms with van der Waals surface area (Å²) in [5.74, 6) is -4.57. The standard InChI is InChI=1S/C56H88N8O13/c1-12-13-20-38-24-26-39(27-25-38)40-28-30-41(31-29-40)47(67)57-36-32-45(65)62-42(21-14-17-33-58-51(72)75-54(3,4)5)49(69)63-43(22-15-18-34-59-52(73)76-55(6,7)8)48(68)61-37(2)46(66)64-44(50(70)71)23-16-19-35-60-53(74)77-56(9,10)11/h24-31,37,42-44H,12-23,32-36H2,1-11H3,(H,57,67)(H,58,72)(H,59,73)(H,60,74)(H,61,68)(H,62,65)(H,63,69)(H,64,66)(H,70,71). The highest BCUT2D eigenvalue weighted by Crippen LogP contribution is 2.21. The molecule has 0 radical (unpaired) electrons. The van der Waals surface area contributed by atoms with Gasteiger partial charge in [0.15, 0.2) is 0 Å². The molecule has 0 aliphatic heterocycles. The molecule has 2 aromatic carbocycles. The van der Waals surface area contributed by atoms with Gasteiger partial charge < -0.3 is 61.9 Å². The molecule has 21 heteroatoms. The van der Waals surface area contributed by atoms with Gasteiger partial charge in [0.1, 0.15) is 41.0 Å². The lowest BCUT2D eigenvalue weighted by Gasteiger charge is -2.25. The summed E-state index contributed by atoms with van der Waals surface area (Å²) in [6, 6.07) is 10.4. The van der Waals surface area contributed by atoms with Crippen LogP contribution in [0.1, 0.15) is 169 Å². The van der Waals surface area contributed by atoms with E-state index in [2.05, 4.69) is 73.7 Å². The van der Waals surface area contributed by atoms with Crippen LogP contribution in [0.5, 0.6) is 0 Å². The molecule has 0 fully saturated rings. The second-order valence-electron chi connectivity index (χ2n) is 22.0. The third kappa shape index (κ3) is 29.8. The van der Waals surface area contributed by atoms with Crippen LogP contribution < -0.4 is 42.5 Å². The lowest BCUT2D eigenvalue weighted by Crippen LogP contribution is -2.57. The average Bonchev–Trinajstić information content (AvgIpc) is 3.32. The number of aliphatic carboxylic acids is 1. The molecular formula is C56H88N8O13. The van der Waals surface area contributed by atoms with Crippen LogP contribution in [0.15, 0.2) is 48.5 Å². The number of unbranched alkanes of at least 4 members (excludes halogenated alkanes) is 4. The number of carbonyl (C=O) groups excluding carboxylic acids is 8. The Labute approximate surface area is 455 Å². The molecule has 0 bridgehead atoms. The van der Waals surface area contributed by atoms with Crippen LogP contribution in [0.4, 0.5) is 14.4 Å². The Hall–Kier alpha value is -6.93. The van der Waals surface area contributed by atoms with Crippen molar-refractivity contribution in [1.29, 1.82) is 0 Å². The van der Waals surface area contributed by atoms with E-state index in [0.29, 0.717) is 44.1 Å². The van der Waals surface area contributed by atoms with Gasteiger partial charge in [0, 0.05) is 38.2 Å². The van der Waals surface area contributed by atoms with Gasteiger partial charge in [-0.15, -0.1) is 0 Å². The van der Waals surface area contributed by atoms with Crippen LogP contribution in [0.3, 0.4) is 0 Å². The number of hydrogen-bond acceptors (Lipinski definition) is 12. The molecule has 4 unspecified atom stereocenters. The molecule has 0 heterocycles. The number of hydrogen-bond donors (Lipinski definition) is 9. The minimum atomic E-state index is -1.32. The van der Waals surface area contributed by atoms with Gasteiger partial charge in [-0.05, 0) is 169 Å². The summed E-state index contributed by atoms with van der Waals surface area (Å²) in [5, 5.41) is 31.0. The van der Waals surface area contributed by atoms with Crippen LogP contribution in [-0.4, -0.2) is 126 Å². The van der Waals surface area contributed by atoms with Crippen molar-refractivity contribution < 1.29 is 62.5 Å². The fraction of sp³-hybridized carbons (Fsp3) is 0.625. The first-order valence-corrected chi connectivity index (χ1v) is 26.9. The van der Waals surface area contributed by atoms with Crippen LogP contribution in [-0.2, 0) is 44.6 Å². The van der Waals surface area contributed by atoms with Gasteiger partial charge in [-0.3, -0.25) is 24.0 Å². The molecule has 21 nitrogen and oxygen atoms in total. The maximum absolute atomic E-state index is 14.2. The first-order valence-electron chi connectivity index (χ1n) is 26.9. The highest BCUT2D eigenvalue weighted by Gasteiger charge is 2.30. The number of carbonyl (C=O) groups is 9. The number of benzene rings is 2. The number of carboxylic acids is 1. The first kappa shape index (κ1) is 66.2. The second-order valence-corrected chi connectivity index (χ2v) is 22.0. The summed E-state index contributed by atoms with van der Waals surface area (Å²) in [6.07, 6.45) is 3.40. The third-order valence-electron chi connectivity index (χ3n) is 11.3. The minimum absolute atomic E-state index is 0.0210. The molecule has 4 atom stereocenters. The number of rotatable bonds is 31. The van der Waals surface area contributed by atoms with Crippen molar-refractivity contribution in [2.24, 2.45) is 0 Å². The SMILES string of the molecule is CCCCc1ccc(-c2ccc(C(=O)NCCC(=O)NC(CCCCNC(=O)OC(C)(C)C)C(=O)NC(CCCCNC(=O)OC(C)(C)C)C(=O)NC(C)C(=O)NC(CCCCNC(=O)OC(C)(C)C)C(=O)O)cc2)cc1. The zero-order valence-corrected chi connectivity index (χ0v) is 47.3. The van der Waals surface area contributed by atoms with Crippen molar-refractivity contribution >= 4 is 53.8 Å². The lowest BCUT2D eigenvalue weighted by atomic mass is 10.0. The first-order chi connectivity index (χ1) is 36.0. The highest BCUT2D eigenvalue weighted by molar-refractivity contribution is 5.96. The highest BCUT2D eigenvalue weighted by atomic mass is 16.6. The molecule has 0 spiro atoms. The quantitative estimate of drug-likeness (QED) is 0.0273. The molecule has 2 rings (SSSR count). The topological polar surface area (TPSA) is 298 Å². The van der Waals surface area contributed by atoms with Crippen molar-refractivity contribution in [3.05, 3.63) is 59.7 Å². The van der Waals surface area contributed by atoms with E-state index in [1.54, 1.807) is 74.4 Å². The van der Waals surface area contributed by atoms with E-state index in [-0.39, 0.29) is 51.9 Å². The van der Waals surface area contributed by atoms with Gasteiger partial charge >= 0.3 is 24.2 Å². The summed E-state index contributed by atoms with van der Waals surface area (Å²) in [4.78, 5) is 117. The van der Waals surface area contributed by atoms with Crippen LogP contribution in [0.2, 0.25) is 0 Å². The molecule has 0 aromatic heterocycles. The normalized spacial score (nSPS) is 13.0. The molecule has 8 amide bonds. The smallest absolute Gasteiger partial charge is 0.407 e. The molecule has 0 saturated carbocycles. The predicted octanol–water partition coefficient (Wildman–Crippen LogP) is 6.94. The molecule has 9 N–H and O–H groups in total. The summed E-state index contributed by atoms with van der Waals surface area (Å²) in [7, 11) is 0. The number of carboxylic acid groups (broad SMARTS) is 1. The molecule has 430 valence electrons. The van der Waals surface area contributed by atoms with Crippen LogP contribution >= 0.6 is 0 Å². The van der Waals surface area contributed by atoms with E-state index in [1.807, 2.05) is 12.1 Å². The zero-order valence-electron chi connectivity index (χ0n) is 47.3. The molecule has 0 aliphatic carbocycles. The Bertz CT molecular complexity index is 2220. The monoisotopic (exact) mass is 1080 g/mol. The van der Waals surface area contributed by atoms with E-state index in [4.69, 9.17) is 14.2 Å². The molecule has 77 heavy (non-hydrogen) atoms. The molecular weight excluding hydrogens is 993 g/mol. The largest absolute Gasteiger partial charge is 0.480 e. The fourth-order valence-electron chi connectivity index (χ4n) is 7.39. The predicted molar refractivity (Wildman–Crippen MR) is 293 cm³/mol. The molecule has 0 saturated heterocycles. The maximum Gasteiger partial charge on any atom is 0.407 e. The Morgan fingerprint density at radius 1 is 0.481 bits per heavy atom. The fourth-order valence-corrected chi connectivity index (χ4v) is 7.39. The van der Waals surface area contributed by atoms with Crippen molar-refractivity contribution in [2.75, 3.05) is 26.2 Å². The van der Waals surface area contributed by atoms with Crippen molar-refractivity contribution in [3.63, 3.8) is 0 Å². The third-order valence-corrected chi connectivity index (χ3v) is 11.3. The van der Waals surface area contributed by atoms with Gasteiger partial charge in [-0.25, -0.2) is 19.2 Å². The van der Waals surface area contributed by atoms with Gasteiger partial charge in [0.05, 0.1) is 0 Å². The minimum Gasteiger partial charge on any atom is -0.480 e. The van der Waals surface area contributed by atoms with E-state index in [9.17, 15) is 48.3 Å². The number of nitrogens with one attached hydrogen (secondary N) is 8. The van der Waals surface area contributed by atoms with Gasteiger partial charge in [0.2, 0.25) is 23.6 Å². The van der Waals surface area contributed by atoms with E-state index < -0.39 is 94.8 Å². The summed E-state index contributed by atoms with van der Waals surface area (Å²) >= 11 is 0.